The van der Waals surface area contributed by atoms with Crippen LogP contribution in [0.2, 0.25) is 0 Å². The molecule has 0 saturated heterocycles. The molecule has 1 aromatic carbocycles. The SMILES string of the molecule is O=C(O)CCCCc1cn(-c2cc(F)ccc2Br)nn1. The summed E-state index contributed by atoms with van der Waals surface area (Å²) in [5.41, 5.74) is 1.33. The summed E-state index contributed by atoms with van der Waals surface area (Å²) in [6.45, 7) is 0. The number of benzene rings is 1. The summed E-state index contributed by atoms with van der Waals surface area (Å²) in [5.74, 6) is -1.14. The number of hydrogen-bond donors (Lipinski definition) is 1. The molecule has 1 N–H and O–H groups in total. The van der Waals surface area contributed by atoms with Crippen molar-refractivity contribution in [3.05, 3.63) is 40.4 Å². The van der Waals surface area contributed by atoms with Crippen LogP contribution in [0.5, 0.6) is 0 Å². The smallest absolute Gasteiger partial charge is 0.303 e. The van der Waals surface area contributed by atoms with Gasteiger partial charge in [-0.15, -0.1) is 5.10 Å². The monoisotopic (exact) mass is 341 g/mol. The molecule has 5 nitrogen and oxygen atoms in total. The molecule has 0 radical (unpaired) electrons. The Kier molecular flexibility index (Phi) is 4.84. The van der Waals surface area contributed by atoms with Crippen LogP contribution in [0.25, 0.3) is 5.69 Å². The topological polar surface area (TPSA) is 68.0 Å². The summed E-state index contributed by atoms with van der Waals surface area (Å²) in [5, 5.41) is 16.5. The predicted octanol–water partition coefficient (Wildman–Crippen LogP) is 2.97. The highest BCUT2D eigenvalue weighted by Crippen LogP contribution is 2.21. The van der Waals surface area contributed by atoms with Gasteiger partial charge in [0.05, 0.1) is 17.6 Å². The number of nitrogens with zero attached hydrogens (tertiary/aromatic N) is 3. The van der Waals surface area contributed by atoms with E-state index in [1.54, 1.807) is 12.3 Å². The first-order valence-corrected chi connectivity index (χ1v) is 6.94. The normalized spacial score (nSPS) is 10.7. The maximum atomic E-state index is 13.2. The summed E-state index contributed by atoms with van der Waals surface area (Å²) in [7, 11) is 0. The molecule has 1 heterocycles. The molecule has 1 aromatic heterocycles. The Bertz CT molecular complexity index is 615. The highest BCUT2D eigenvalue weighted by Gasteiger charge is 2.08. The number of halogens is 2. The molecule has 0 spiro atoms. The molecule has 0 aliphatic carbocycles. The Balaban J connectivity index is 2.01. The number of aromatic nitrogens is 3. The molecule has 0 aliphatic rings. The van der Waals surface area contributed by atoms with Gasteiger partial charge in [-0.1, -0.05) is 5.21 Å². The Morgan fingerprint density at radius 3 is 2.95 bits per heavy atom. The molecule has 20 heavy (non-hydrogen) atoms. The Morgan fingerprint density at radius 2 is 2.20 bits per heavy atom. The predicted molar refractivity (Wildman–Crippen MR) is 74.2 cm³/mol. The first kappa shape index (κ1) is 14.6. The van der Waals surface area contributed by atoms with Crippen LogP contribution in [0.1, 0.15) is 25.0 Å². The summed E-state index contributed by atoms with van der Waals surface area (Å²) in [6, 6.07) is 4.34. The van der Waals surface area contributed by atoms with E-state index in [0.717, 1.165) is 16.6 Å². The molecular formula is C13H13BrFN3O2. The minimum Gasteiger partial charge on any atom is -0.481 e. The van der Waals surface area contributed by atoms with Gasteiger partial charge in [-0.3, -0.25) is 4.79 Å². The first-order chi connectivity index (χ1) is 9.56. The fourth-order valence-electron chi connectivity index (χ4n) is 1.77. The van der Waals surface area contributed by atoms with Crippen molar-refractivity contribution in [1.29, 1.82) is 0 Å². The van der Waals surface area contributed by atoms with E-state index >= 15 is 0 Å². The van der Waals surface area contributed by atoms with E-state index in [9.17, 15) is 9.18 Å². The Morgan fingerprint density at radius 1 is 1.40 bits per heavy atom. The Hall–Kier alpha value is -1.76. The zero-order valence-corrected chi connectivity index (χ0v) is 12.2. The lowest BCUT2D eigenvalue weighted by atomic mass is 10.1. The van der Waals surface area contributed by atoms with Crippen molar-refractivity contribution >= 4 is 21.9 Å². The number of hydrogen-bond acceptors (Lipinski definition) is 3. The van der Waals surface area contributed by atoms with E-state index in [1.165, 1.54) is 16.8 Å². The second-order valence-electron chi connectivity index (χ2n) is 4.35. The number of carbonyl (C=O) groups is 1. The van der Waals surface area contributed by atoms with Crippen molar-refractivity contribution in [2.45, 2.75) is 25.7 Å². The summed E-state index contributed by atoms with van der Waals surface area (Å²) in [4.78, 5) is 10.4. The van der Waals surface area contributed by atoms with Crippen molar-refractivity contribution in [2.75, 3.05) is 0 Å². The summed E-state index contributed by atoms with van der Waals surface area (Å²) >= 11 is 3.34. The van der Waals surface area contributed by atoms with Crippen LogP contribution in [-0.2, 0) is 11.2 Å². The number of carboxylic acid groups (broad SMARTS) is 1. The maximum Gasteiger partial charge on any atom is 0.303 e. The fraction of sp³-hybridized carbons (Fsp3) is 0.308. The standard InChI is InChI=1S/C13H13BrFN3O2/c14-11-6-5-9(15)7-12(11)18-8-10(16-17-18)3-1-2-4-13(19)20/h5-8H,1-4H2,(H,19,20). The van der Waals surface area contributed by atoms with Crippen molar-refractivity contribution in [3.63, 3.8) is 0 Å². The lowest BCUT2D eigenvalue weighted by Crippen LogP contribution is -1.97. The van der Waals surface area contributed by atoms with E-state index in [4.69, 9.17) is 5.11 Å². The van der Waals surface area contributed by atoms with Gasteiger partial charge in [-0.05, 0) is 47.3 Å². The van der Waals surface area contributed by atoms with Crippen molar-refractivity contribution in [3.8, 4) is 5.69 Å². The zero-order valence-electron chi connectivity index (χ0n) is 10.6. The fourth-order valence-corrected chi connectivity index (χ4v) is 2.20. The molecule has 2 rings (SSSR count). The molecule has 2 aromatic rings. The van der Waals surface area contributed by atoms with Gasteiger partial charge < -0.3 is 5.11 Å². The molecule has 0 aliphatic heterocycles. The second-order valence-corrected chi connectivity index (χ2v) is 5.21. The lowest BCUT2D eigenvalue weighted by molar-refractivity contribution is -0.137. The van der Waals surface area contributed by atoms with Crippen molar-refractivity contribution in [1.82, 2.24) is 15.0 Å². The van der Waals surface area contributed by atoms with E-state index in [1.807, 2.05) is 0 Å². The van der Waals surface area contributed by atoms with Crippen LogP contribution in [0.15, 0.2) is 28.9 Å². The zero-order chi connectivity index (χ0) is 14.5. The summed E-state index contributed by atoms with van der Waals surface area (Å²) < 4.78 is 15.4. The van der Waals surface area contributed by atoms with Crippen LogP contribution in [0, 0.1) is 5.82 Å². The number of carboxylic acids is 1. The average Bonchev–Trinajstić information content (AvgIpc) is 2.86. The van der Waals surface area contributed by atoms with Crippen LogP contribution in [0.4, 0.5) is 4.39 Å². The molecule has 0 unspecified atom stereocenters. The van der Waals surface area contributed by atoms with Crippen molar-refractivity contribution < 1.29 is 14.3 Å². The van der Waals surface area contributed by atoms with E-state index in [2.05, 4.69) is 26.2 Å². The highest BCUT2D eigenvalue weighted by molar-refractivity contribution is 9.10. The van der Waals surface area contributed by atoms with Crippen LogP contribution < -0.4 is 0 Å². The number of rotatable bonds is 6. The Labute approximate surface area is 123 Å². The van der Waals surface area contributed by atoms with Gasteiger partial charge in [0.15, 0.2) is 0 Å². The minimum absolute atomic E-state index is 0.156. The maximum absolute atomic E-state index is 13.2. The molecular weight excluding hydrogens is 329 g/mol. The largest absolute Gasteiger partial charge is 0.481 e. The van der Waals surface area contributed by atoms with Gasteiger partial charge in [0.1, 0.15) is 5.82 Å². The third kappa shape index (κ3) is 3.86. The van der Waals surface area contributed by atoms with Crippen LogP contribution in [0.3, 0.4) is 0 Å². The summed E-state index contributed by atoms with van der Waals surface area (Å²) in [6.07, 6.45) is 3.87. The van der Waals surface area contributed by atoms with Crippen LogP contribution in [-0.4, -0.2) is 26.1 Å². The minimum atomic E-state index is -0.794. The molecule has 0 atom stereocenters. The van der Waals surface area contributed by atoms with E-state index in [-0.39, 0.29) is 12.2 Å². The molecule has 0 saturated carbocycles. The van der Waals surface area contributed by atoms with E-state index in [0.29, 0.717) is 18.5 Å². The molecule has 106 valence electrons. The lowest BCUT2D eigenvalue weighted by Gasteiger charge is -2.02. The van der Waals surface area contributed by atoms with Gasteiger partial charge in [-0.2, -0.15) is 0 Å². The molecule has 0 fully saturated rings. The third-order valence-corrected chi connectivity index (χ3v) is 3.44. The van der Waals surface area contributed by atoms with E-state index < -0.39 is 5.97 Å². The third-order valence-electron chi connectivity index (χ3n) is 2.77. The number of unbranched alkanes of at least 4 members (excludes halogenated alkanes) is 1. The van der Waals surface area contributed by atoms with Gasteiger partial charge in [0.2, 0.25) is 0 Å². The quantitative estimate of drug-likeness (QED) is 0.820. The van der Waals surface area contributed by atoms with Gasteiger partial charge >= 0.3 is 5.97 Å². The molecule has 0 amide bonds. The van der Waals surface area contributed by atoms with Crippen molar-refractivity contribution in [2.24, 2.45) is 0 Å². The second kappa shape index (κ2) is 6.60. The molecule has 0 bridgehead atoms. The average molecular weight is 342 g/mol. The van der Waals surface area contributed by atoms with Gasteiger partial charge in [0, 0.05) is 17.0 Å². The van der Waals surface area contributed by atoms with Gasteiger partial charge in [-0.25, -0.2) is 9.07 Å². The number of aliphatic carboxylic acids is 1. The highest BCUT2D eigenvalue weighted by atomic mass is 79.9. The first-order valence-electron chi connectivity index (χ1n) is 6.14. The van der Waals surface area contributed by atoms with Crippen LogP contribution >= 0.6 is 15.9 Å². The number of aryl methyl sites for hydroxylation is 1. The molecule has 7 heteroatoms. The van der Waals surface area contributed by atoms with Gasteiger partial charge in [0.25, 0.3) is 0 Å².